The van der Waals surface area contributed by atoms with Crippen molar-refractivity contribution in [1.82, 2.24) is 4.72 Å². The summed E-state index contributed by atoms with van der Waals surface area (Å²) < 4.78 is 77.6. The Hall–Kier alpha value is -2.86. The van der Waals surface area contributed by atoms with Crippen LogP contribution in [0.25, 0.3) is 0 Å². The van der Waals surface area contributed by atoms with Gasteiger partial charge in [0.05, 0.1) is 24.8 Å². The van der Waals surface area contributed by atoms with E-state index in [1.165, 1.54) is 13.4 Å². The van der Waals surface area contributed by atoms with E-state index in [4.69, 9.17) is 13.9 Å². The van der Waals surface area contributed by atoms with Crippen LogP contribution in [-0.4, -0.2) is 28.5 Å². The van der Waals surface area contributed by atoms with Gasteiger partial charge in [-0.2, -0.15) is 0 Å². The highest BCUT2D eigenvalue weighted by Gasteiger charge is 2.22. The van der Waals surface area contributed by atoms with Gasteiger partial charge in [-0.15, -0.1) is 0 Å². The molecule has 11 heteroatoms. The highest BCUT2D eigenvalue weighted by atomic mass is 32.2. The zero-order chi connectivity index (χ0) is 21.1. The van der Waals surface area contributed by atoms with Crippen molar-refractivity contribution in [2.75, 3.05) is 7.11 Å². The first-order chi connectivity index (χ1) is 13.7. The molecule has 2 aromatic carbocycles. The molecule has 154 valence electrons. The standard InChI is InChI=1S/C18H17NO8S2/c1-25-13-4-6-14(7-5-13)27-17-9-8-16(29(22,23)24)11-18(17)28(20,21)19-12-15-3-2-10-26-15/h2-11,19H,12H2,1H3,(H,22,23,24)/p-1. The quantitative estimate of drug-likeness (QED) is 0.530. The first-order valence-electron chi connectivity index (χ1n) is 8.13. The van der Waals surface area contributed by atoms with E-state index in [2.05, 4.69) is 4.72 Å². The van der Waals surface area contributed by atoms with Gasteiger partial charge in [0.15, 0.2) is 0 Å². The summed E-state index contributed by atoms with van der Waals surface area (Å²) in [5.74, 6) is 1.04. The summed E-state index contributed by atoms with van der Waals surface area (Å²) in [4.78, 5) is -1.20. The summed E-state index contributed by atoms with van der Waals surface area (Å²) in [5.41, 5.74) is 0. The van der Waals surface area contributed by atoms with Gasteiger partial charge in [-0.05, 0) is 54.6 Å². The zero-order valence-electron chi connectivity index (χ0n) is 15.1. The van der Waals surface area contributed by atoms with E-state index >= 15 is 0 Å². The van der Waals surface area contributed by atoms with E-state index in [-0.39, 0.29) is 18.0 Å². The molecule has 0 fully saturated rings. The van der Waals surface area contributed by atoms with E-state index in [0.717, 1.165) is 18.2 Å². The lowest BCUT2D eigenvalue weighted by Crippen LogP contribution is -2.23. The molecule has 0 saturated carbocycles. The molecule has 0 aliphatic rings. The topological polar surface area (TPSA) is 135 Å². The second kappa shape index (κ2) is 8.25. The van der Waals surface area contributed by atoms with Gasteiger partial charge in [-0.3, -0.25) is 0 Å². The van der Waals surface area contributed by atoms with Crippen LogP contribution in [0.3, 0.4) is 0 Å². The third-order valence-electron chi connectivity index (χ3n) is 3.80. The molecule has 0 amide bonds. The summed E-state index contributed by atoms with van der Waals surface area (Å²) in [6.07, 6.45) is 1.38. The minimum absolute atomic E-state index is 0.158. The van der Waals surface area contributed by atoms with Crippen molar-refractivity contribution in [2.45, 2.75) is 16.3 Å². The Labute approximate surface area is 167 Å². The van der Waals surface area contributed by atoms with Crippen molar-refractivity contribution in [1.29, 1.82) is 0 Å². The SMILES string of the molecule is COc1ccc(Oc2ccc(S(=O)(=O)[O-])cc2S(=O)(=O)NCc2ccco2)cc1. The van der Waals surface area contributed by atoms with Crippen LogP contribution in [0, 0.1) is 0 Å². The number of hydrogen-bond donors (Lipinski definition) is 1. The fourth-order valence-electron chi connectivity index (χ4n) is 2.37. The van der Waals surface area contributed by atoms with Crippen molar-refractivity contribution >= 4 is 20.1 Å². The van der Waals surface area contributed by atoms with Crippen LogP contribution in [-0.2, 0) is 26.7 Å². The van der Waals surface area contributed by atoms with Gasteiger partial charge in [0.1, 0.15) is 38.0 Å². The molecule has 1 aromatic heterocycles. The lowest BCUT2D eigenvalue weighted by molar-refractivity contribution is 0.412. The van der Waals surface area contributed by atoms with Gasteiger partial charge >= 0.3 is 0 Å². The van der Waals surface area contributed by atoms with Gasteiger partial charge < -0.3 is 18.4 Å². The zero-order valence-corrected chi connectivity index (χ0v) is 16.7. The smallest absolute Gasteiger partial charge is 0.244 e. The molecule has 1 N–H and O–H groups in total. The normalized spacial score (nSPS) is 11.9. The van der Waals surface area contributed by atoms with Crippen LogP contribution >= 0.6 is 0 Å². The largest absolute Gasteiger partial charge is 0.744 e. The molecular formula is C18H16NO8S2-. The van der Waals surface area contributed by atoms with Crippen molar-refractivity contribution in [3.63, 3.8) is 0 Å². The predicted molar refractivity (Wildman–Crippen MR) is 100 cm³/mol. The summed E-state index contributed by atoms with van der Waals surface area (Å²) in [7, 11) is -7.63. The molecule has 0 unspecified atom stereocenters. The molecule has 0 radical (unpaired) electrons. The number of ether oxygens (including phenoxy) is 2. The van der Waals surface area contributed by atoms with E-state index in [1.807, 2.05) is 0 Å². The summed E-state index contributed by atoms with van der Waals surface area (Å²) in [5, 5.41) is 0. The molecular weight excluding hydrogens is 422 g/mol. The number of sulfonamides is 1. The fraction of sp³-hybridized carbons (Fsp3) is 0.111. The molecule has 1 heterocycles. The van der Waals surface area contributed by atoms with Gasteiger partial charge in [-0.25, -0.2) is 21.6 Å². The average molecular weight is 438 g/mol. The fourth-order valence-corrected chi connectivity index (χ4v) is 4.08. The molecule has 0 atom stereocenters. The lowest BCUT2D eigenvalue weighted by Gasteiger charge is -2.15. The molecule has 3 aromatic rings. The third-order valence-corrected chi connectivity index (χ3v) is 6.05. The van der Waals surface area contributed by atoms with Crippen molar-refractivity contribution in [3.05, 3.63) is 66.6 Å². The summed E-state index contributed by atoms with van der Waals surface area (Å²) in [6, 6.07) is 12.3. The van der Waals surface area contributed by atoms with Crippen LogP contribution in [0.4, 0.5) is 0 Å². The summed E-state index contributed by atoms with van der Waals surface area (Å²) >= 11 is 0. The Morgan fingerprint density at radius 3 is 2.28 bits per heavy atom. The van der Waals surface area contributed by atoms with Gasteiger partial charge in [-0.1, -0.05) is 0 Å². The van der Waals surface area contributed by atoms with Crippen LogP contribution in [0.2, 0.25) is 0 Å². The second-order valence-electron chi connectivity index (χ2n) is 5.74. The van der Waals surface area contributed by atoms with Crippen LogP contribution < -0.4 is 14.2 Å². The Morgan fingerprint density at radius 2 is 1.69 bits per heavy atom. The molecule has 0 aliphatic carbocycles. The Balaban J connectivity index is 1.98. The third kappa shape index (κ3) is 5.15. The Bertz CT molecular complexity index is 1190. The minimum atomic E-state index is -4.88. The number of furan rings is 1. The minimum Gasteiger partial charge on any atom is -0.744 e. The first-order valence-corrected chi connectivity index (χ1v) is 11.0. The monoisotopic (exact) mass is 438 g/mol. The van der Waals surface area contributed by atoms with Gasteiger partial charge in [0.25, 0.3) is 0 Å². The predicted octanol–water partition coefficient (Wildman–Crippen LogP) is 2.46. The number of methoxy groups -OCH3 is 1. The summed E-state index contributed by atoms with van der Waals surface area (Å²) in [6.45, 7) is -0.175. The van der Waals surface area contributed by atoms with E-state index in [9.17, 15) is 21.4 Å². The molecule has 3 rings (SSSR count). The lowest BCUT2D eigenvalue weighted by atomic mass is 10.3. The molecule has 0 saturated heterocycles. The van der Waals surface area contributed by atoms with E-state index in [1.54, 1.807) is 36.4 Å². The molecule has 0 bridgehead atoms. The molecule has 29 heavy (non-hydrogen) atoms. The van der Waals surface area contributed by atoms with Crippen LogP contribution in [0.15, 0.2) is 75.1 Å². The van der Waals surface area contributed by atoms with E-state index < -0.39 is 29.9 Å². The van der Waals surface area contributed by atoms with Crippen LogP contribution in [0.5, 0.6) is 17.2 Å². The number of hydrogen-bond acceptors (Lipinski definition) is 8. The molecule has 0 aliphatic heterocycles. The maximum absolute atomic E-state index is 12.8. The van der Waals surface area contributed by atoms with Crippen molar-refractivity contribution < 1.29 is 35.3 Å². The van der Waals surface area contributed by atoms with Crippen molar-refractivity contribution in [2.24, 2.45) is 0 Å². The van der Waals surface area contributed by atoms with Crippen LogP contribution in [0.1, 0.15) is 5.76 Å². The number of benzene rings is 2. The first kappa shape index (κ1) is 20.9. The maximum Gasteiger partial charge on any atom is 0.244 e. The maximum atomic E-state index is 12.8. The number of rotatable bonds is 8. The second-order valence-corrected chi connectivity index (χ2v) is 8.86. The van der Waals surface area contributed by atoms with Gasteiger partial charge in [0, 0.05) is 0 Å². The van der Waals surface area contributed by atoms with E-state index in [0.29, 0.717) is 11.5 Å². The highest BCUT2D eigenvalue weighted by Crippen LogP contribution is 2.32. The van der Waals surface area contributed by atoms with Gasteiger partial charge in [0.2, 0.25) is 10.0 Å². The molecule has 0 spiro atoms. The number of nitrogens with one attached hydrogen (secondary N) is 1. The Kier molecular flexibility index (Phi) is 5.94. The van der Waals surface area contributed by atoms with Crippen molar-refractivity contribution in [3.8, 4) is 17.2 Å². The highest BCUT2D eigenvalue weighted by molar-refractivity contribution is 7.89. The Morgan fingerprint density at radius 1 is 1.00 bits per heavy atom. The molecule has 9 nitrogen and oxygen atoms in total. The average Bonchev–Trinajstić information content (AvgIpc) is 3.20.